The Kier molecular flexibility index (Phi) is 7.29. The van der Waals surface area contributed by atoms with Crippen LogP contribution in [-0.4, -0.2) is 36.1 Å². The van der Waals surface area contributed by atoms with E-state index in [1.54, 1.807) is 24.3 Å². The van der Waals surface area contributed by atoms with Crippen LogP contribution in [0.15, 0.2) is 60.7 Å². The fraction of sp³-hybridized carbons (Fsp3) is 0.227. The minimum Gasteiger partial charge on any atom is -0.508 e. The van der Waals surface area contributed by atoms with Crippen LogP contribution < -0.4 is 5.32 Å². The third kappa shape index (κ3) is 5.17. The Bertz CT molecular complexity index is 989. The van der Waals surface area contributed by atoms with E-state index >= 15 is 0 Å². The molecule has 3 N–H and O–H groups in total. The summed E-state index contributed by atoms with van der Waals surface area (Å²) in [5.41, 5.74) is 1.04. The maximum atomic E-state index is 12.7. The molecule has 0 spiro atoms. The van der Waals surface area contributed by atoms with Crippen molar-refractivity contribution in [3.63, 3.8) is 0 Å². The van der Waals surface area contributed by atoms with Gasteiger partial charge < -0.3 is 19.7 Å². The van der Waals surface area contributed by atoms with Crippen LogP contribution in [0.25, 0.3) is 10.8 Å². The number of phenols is 1. The zero-order valence-electron chi connectivity index (χ0n) is 15.8. The molecule has 3 aromatic carbocycles. The SMILES string of the molecule is CO[C@H](CCO)[C@H](OC(=O)Nc1cccc2ccccc12)c1cc(I)ccc1O. The molecule has 2 atom stereocenters. The predicted molar refractivity (Wildman–Crippen MR) is 120 cm³/mol. The molecule has 0 heterocycles. The summed E-state index contributed by atoms with van der Waals surface area (Å²) in [5.74, 6) is -0.00614. The van der Waals surface area contributed by atoms with Crippen molar-refractivity contribution in [3.05, 3.63) is 69.8 Å². The number of nitrogens with one attached hydrogen (secondary N) is 1. The van der Waals surface area contributed by atoms with Crippen LogP contribution >= 0.6 is 22.6 Å². The lowest BCUT2D eigenvalue weighted by Gasteiger charge is -2.27. The van der Waals surface area contributed by atoms with Gasteiger partial charge in [0.1, 0.15) is 11.9 Å². The van der Waals surface area contributed by atoms with Crippen molar-refractivity contribution >= 4 is 45.1 Å². The van der Waals surface area contributed by atoms with E-state index in [0.717, 1.165) is 14.3 Å². The van der Waals surface area contributed by atoms with E-state index in [1.807, 2.05) is 36.4 Å². The highest BCUT2D eigenvalue weighted by Gasteiger charge is 2.29. The number of hydrogen-bond donors (Lipinski definition) is 3. The van der Waals surface area contributed by atoms with E-state index in [4.69, 9.17) is 9.47 Å². The molecule has 0 bridgehead atoms. The molecule has 0 fully saturated rings. The first-order valence-corrected chi connectivity index (χ1v) is 10.2. The first-order chi connectivity index (χ1) is 14.0. The molecule has 152 valence electrons. The summed E-state index contributed by atoms with van der Waals surface area (Å²) in [6, 6.07) is 18.3. The van der Waals surface area contributed by atoms with Gasteiger partial charge in [-0.3, -0.25) is 5.32 Å². The van der Waals surface area contributed by atoms with Crippen LogP contribution in [0.1, 0.15) is 18.1 Å². The number of rotatable bonds is 7. The monoisotopic (exact) mass is 507 g/mol. The molecule has 6 nitrogen and oxygen atoms in total. The summed E-state index contributed by atoms with van der Waals surface area (Å²) in [4.78, 5) is 12.7. The number of carbonyl (C=O) groups excluding carboxylic acids is 1. The minimum atomic E-state index is -0.892. The molecule has 1 amide bonds. The van der Waals surface area contributed by atoms with Crippen LogP contribution in [0.4, 0.5) is 10.5 Å². The van der Waals surface area contributed by atoms with Crippen molar-refractivity contribution in [3.8, 4) is 5.75 Å². The van der Waals surface area contributed by atoms with Gasteiger partial charge in [-0.25, -0.2) is 4.79 Å². The van der Waals surface area contributed by atoms with Crippen molar-refractivity contribution < 1.29 is 24.5 Å². The number of aliphatic hydroxyl groups excluding tert-OH is 1. The number of hydrogen-bond acceptors (Lipinski definition) is 5. The number of aromatic hydroxyl groups is 1. The van der Waals surface area contributed by atoms with Gasteiger partial charge in [-0.1, -0.05) is 36.4 Å². The number of fused-ring (bicyclic) bond motifs is 1. The zero-order valence-corrected chi connectivity index (χ0v) is 18.0. The second-order valence-corrected chi connectivity index (χ2v) is 7.71. The molecule has 3 rings (SSSR count). The van der Waals surface area contributed by atoms with Crippen LogP contribution in [0.3, 0.4) is 0 Å². The Morgan fingerprint density at radius 2 is 1.90 bits per heavy atom. The third-order valence-electron chi connectivity index (χ3n) is 4.61. The highest BCUT2D eigenvalue weighted by atomic mass is 127. The van der Waals surface area contributed by atoms with Crippen molar-refractivity contribution in [2.75, 3.05) is 19.0 Å². The molecule has 0 saturated heterocycles. The minimum absolute atomic E-state index is 0.00614. The number of benzene rings is 3. The maximum Gasteiger partial charge on any atom is 0.412 e. The fourth-order valence-electron chi connectivity index (χ4n) is 3.20. The molecular weight excluding hydrogens is 485 g/mol. The Hall–Kier alpha value is -2.36. The molecule has 0 aliphatic heterocycles. The summed E-state index contributed by atoms with van der Waals surface area (Å²) in [7, 11) is 1.48. The van der Waals surface area contributed by atoms with Gasteiger partial charge in [0.2, 0.25) is 0 Å². The average Bonchev–Trinajstić information content (AvgIpc) is 2.73. The van der Waals surface area contributed by atoms with Crippen molar-refractivity contribution in [1.82, 2.24) is 0 Å². The second-order valence-electron chi connectivity index (χ2n) is 6.47. The molecular formula is C22H22INO5. The quantitative estimate of drug-likeness (QED) is 0.399. The van der Waals surface area contributed by atoms with E-state index in [2.05, 4.69) is 27.9 Å². The van der Waals surface area contributed by atoms with E-state index in [9.17, 15) is 15.0 Å². The Balaban J connectivity index is 1.88. The normalized spacial score (nSPS) is 13.1. The van der Waals surface area contributed by atoms with Crippen molar-refractivity contribution in [2.45, 2.75) is 18.6 Å². The van der Waals surface area contributed by atoms with Gasteiger partial charge >= 0.3 is 6.09 Å². The first kappa shape index (κ1) is 21.4. The van der Waals surface area contributed by atoms with Gasteiger partial charge in [0.05, 0.1) is 5.69 Å². The standard InChI is InChI=1S/C22H22INO5/c1-28-20(11-12-25)21(17-13-15(23)9-10-19(17)26)29-22(27)24-18-8-4-6-14-5-2-3-7-16(14)18/h2-10,13,20-21,25-26H,11-12H2,1H3,(H,24,27)/t20-,21-/m1/s1. The molecule has 0 aliphatic carbocycles. The van der Waals surface area contributed by atoms with Crippen LogP contribution in [0.5, 0.6) is 5.75 Å². The maximum absolute atomic E-state index is 12.7. The number of ether oxygens (including phenoxy) is 2. The molecule has 0 unspecified atom stereocenters. The summed E-state index contributed by atoms with van der Waals surface area (Å²) >= 11 is 2.12. The first-order valence-electron chi connectivity index (χ1n) is 9.11. The smallest absolute Gasteiger partial charge is 0.412 e. The third-order valence-corrected chi connectivity index (χ3v) is 5.28. The Labute approximate surface area is 182 Å². The van der Waals surface area contributed by atoms with Gasteiger partial charge in [-0.05, 0) is 52.2 Å². The van der Waals surface area contributed by atoms with Crippen LogP contribution in [0.2, 0.25) is 0 Å². The summed E-state index contributed by atoms with van der Waals surface area (Å²) < 4.78 is 12.0. The summed E-state index contributed by atoms with van der Waals surface area (Å²) in [5, 5.41) is 24.4. The predicted octanol–water partition coefficient (Wildman–Crippen LogP) is 4.84. The van der Waals surface area contributed by atoms with Crippen LogP contribution in [-0.2, 0) is 9.47 Å². The van der Waals surface area contributed by atoms with Crippen molar-refractivity contribution in [1.29, 1.82) is 0 Å². The Morgan fingerprint density at radius 1 is 1.14 bits per heavy atom. The van der Waals surface area contributed by atoms with Gasteiger partial charge in [0.15, 0.2) is 6.10 Å². The lowest BCUT2D eigenvalue weighted by Crippen LogP contribution is -2.29. The van der Waals surface area contributed by atoms with E-state index in [1.165, 1.54) is 7.11 Å². The number of methoxy groups -OCH3 is 1. The summed E-state index contributed by atoms with van der Waals surface area (Å²) in [6.45, 7) is -0.145. The molecule has 0 aromatic heterocycles. The molecule has 0 saturated carbocycles. The molecule has 0 radical (unpaired) electrons. The number of aliphatic hydroxyl groups is 1. The van der Waals surface area contributed by atoms with Gasteiger partial charge in [0.25, 0.3) is 0 Å². The zero-order chi connectivity index (χ0) is 20.8. The molecule has 0 aliphatic rings. The second kappa shape index (κ2) is 9.91. The number of amides is 1. The van der Waals surface area contributed by atoms with E-state index in [-0.39, 0.29) is 18.8 Å². The highest BCUT2D eigenvalue weighted by molar-refractivity contribution is 14.1. The van der Waals surface area contributed by atoms with Crippen molar-refractivity contribution in [2.24, 2.45) is 0 Å². The van der Waals surface area contributed by atoms with E-state index < -0.39 is 18.3 Å². The lowest BCUT2D eigenvalue weighted by atomic mass is 10.0. The highest BCUT2D eigenvalue weighted by Crippen LogP contribution is 2.34. The number of anilines is 1. The van der Waals surface area contributed by atoms with Gasteiger partial charge in [0, 0.05) is 34.7 Å². The topological polar surface area (TPSA) is 88.0 Å². The lowest BCUT2D eigenvalue weighted by molar-refractivity contribution is -0.0314. The fourth-order valence-corrected chi connectivity index (χ4v) is 3.72. The van der Waals surface area contributed by atoms with Crippen LogP contribution in [0, 0.1) is 3.57 Å². The molecule has 29 heavy (non-hydrogen) atoms. The summed E-state index contributed by atoms with van der Waals surface area (Å²) in [6.07, 6.45) is -1.95. The largest absolute Gasteiger partial charge is 0.508 e. The van der Waals surface area contributed by atoms with Gasteiger partial charge in [-0.2, -0.15) is 0 Å². The number of carbonyl (C=O) groups is 1. The average molecular weight is 507 g/mol. The van der Waals surface area contributed by atoms with Gasteiger partial charge in [-0.15, -0.1) is 0 Å². The molecule has 7 heteroatoms. The number of phenolic OH excluding ortho intramolecular Hbond substituents is 1. The molecule has 3 aromatic rings. The Morgan fingerprint density at radius 3 is 2.66 bits per heavy atom. The number of halogens is 1. The van der Waals surface area contributed by atoms with E-state index in [0.29, 0.717) is 11.3 Å².